The van der Waals surface area contributed by atoms with Crippen LogP contribution in [0.5, 0.6) is 11.5 Å². The molecule has 112 valence electrons. The maximum atomic E-state index is 11.8. The van der Waals surface area contributed by atoms with Crippen LogP contribution in [0.15, 0.2) is 36.7 Å². The van der Waals surface area contributed by atoms with Gasteiger partial charge in [0.1, 0.15) is 17.3 Å². The molecule has 0 bridgehead atoms. The van der Waals surface area contributed by atoms with Crippen molar-refractivity contribution in [3.05, 3.63) is 42.5 Å². The van der Waals surface area contributed by atoms with E-state index in [0.29, 0.717) is 18.2 Å². The third kappa shape index (κ3) is 4.52. The molecule has 0 aliphatic carbocycles. The average Bonchev–Trinajstić information content (AvgIpc) is 3.01. The van der Waals surface area contributed by atoms with Crippen molar-refractivity contribution >= 4 is 5.91 Å². The van der Waals surface area contributed by atoms with Crippen LogP contribution in [0.3, 0.4) is 0 Å². The number of carbonyl (C=O) groups excluding carboxylic acids is 1. The Kier molecular flexibility index (Phi) is 5.20. The van der Waals surface area contributed by atoms with Gasteiger partial charge in [0.05, 0.1) is 12.6 Å². The fraction of sp³-hybridized carbons (Fsp3) is 0.333. The predicted molar refractivity (Wildman–Crippen MR) is 78.3 cm³/mol. The largest absolute Gasteiger partial charge is 0.494 e. The third-order valence-electron chi connectivity index (χ3n) is 2.81. The molecule has 0 radical (unpaired) electrons. The van der Waals surface area contributed by atoms with Crippen LogP contribution in [0.2, 0.25) is 0 Å². The van der Waals surface area contributed by atoms with Crippen molar-refractivity contribution < 1.29 is 14.3 Å². The topological polar surface area (TPSA) is 76.2 Å². The molecule has 2 rings (SSSR count). The highest BCUT2D eigenvalue weighted by atomic mass is 16.5. The summed E-state index contributed by atoms with van der Waals surface area (Å²) in [5, 5.41) is 2.80. The summed E-state index contributed by atoms with van der Waals surface area (Å²) in [6, 6.07) is 6.98. The number of nitrogens with one attached hydrogen (secondary N) is 2. The minimum Gasteiger partial charge on any atom is -0.494 e. The lowest BCUT2D eigenvalue weighted by Crippen LogP contribution is -2.31. The SMILES string of the molecule is CCOc1ccc(OCC(=O)NC(C)c2ncc[nH]2)cc1. The molecular weight excluding hydrogens is 270 g/mol. The number of imidazole rings is 1. The van der Waals surface area contributed by atoms with E-state index in [-0.39, 0.29) is 18.6 Å². The zero-order valence-corrected chi connectivity index (χ0v) is 12.1. The number of amides is 1. The molecule has 1 unspecified atom stereocenters. The summed E-state index contributed by atoms with van der Waals surface area (Å²) < 4.78 is 10.8. The maximum Gasteiger partial charge on any atom is 0.258 e. The predicted octanol–water partition coefficient (Wildman–Crippen LogP) is 2.06. The molecular formula is C15H19N3O3. The zero-order valence-electron chi connectivity index (χ0n) is 12.1. The van der Waals surface area contributed by atoms with Crippen LogP contribution in [-0.4, -0.2) is 29.1 Å². The number of aromatic nitrogens is 2. The quantitative estimate of drug-likeness (QED) is 0.818. The Morgan fingerprint density at radius 3 is 2.52 bits per heavy atom. The summed E-state index contributed by atoms with van der Waals surface area (Å²) in [5.74, 6) is 1.91. The van der Waals surface area contributed by atoms with Gasteiger partial charge in [-0.2, -0.15) is 0 Å². The van der Waals surface area contributed by atoms with Gasteiger partial charge in [-0.3, -0.25) is 4.79 Å². The summed E-state index contributed by atoms with van der Waals surface area (Å²) in [5.41, 5.74) is 0. The number of rotatable bonds is 7. The number of H-pyrrole nitrogens is 1. The van der Waals surface area contributed by atoms with E-state index in [2.05, 4.69) is 15.3 Å². The van der Waals surface area contributed by atoms with E-state index in [0.717, 1.165) is 5.75 Å². The highest BCUT2D eigenvalue weighted by molar-refractivity contribution is 5.77. The van der Waals surface area contributed by atoms with E-state index in [4.69, 9.17) is 9.47 Å². The van der Waals surface area contributed by atoms with Gasteiger partial charge >= 0.3 is 0 Å². The van der Waals surface area contributed by atoms with Crippen LogP contribution < -0.4 is 14.8 Å². The monoisotopic (exact) mass is 289 g/mol. The summed E-state index contributed by atoms with van der Waals surface area (Å²) in [6.45, 7) is 4.36. The standard InChI is InChI=1S/C15H19N3O3/c1-3-20-12-4-6-13(7-5-12)21-10-14(19)18-11(2)15-16-8-9-17-15/h4-9,11H,3,10H2,1-2H3,(H,16,17)(H,18,19). The maximum absolute atomic E-state index is 11.8. The van der Waals surface area contributed by atoms with E-state index in [1.54, 1.807) is 24.5 Å². The van der Waals surface area contributed by atoms with Crippen LogP contribution in [-0.2, 0) is 4.79 Å². The number of nitrogens with zero attached hydrogens (tertiary/aromatic N) is 1. The Morgan fingerprint density at radius 1 is 1.29 bits per heavy atom. The van der Waals surface area contributed by atoms with Crippen LogP contribution in [0.25, 0.3) is 0 Å². The van der Waals surface area contributed by atoms with Gasteiger partial charge in [0.2, 0.25) is 0 Å². The van der Waals surface area contributed by atoms with Crippen LogP contribution in [0, 0.1) is 0 Å². The number of carbonyl (C=O) groups is 1. The molecule has 6 nitrogen and oxygen atoms in total. The Hall–Kier alpha value is -2.50. The van der Waals surface area contributed by atoms with Crippen molar-refractivity contribution in [2.45, 2.75) is 19.9 Å². The Balaban J connectivity index is 1.78. The molecule has 21 heavy (non-hydrogen) atoms. The normalized spacial score (nSPS) is 11.7. The summed E-state index contributed by atoms with van der Waals surface area (Å²) >= 11 is 0. The van der Waals surface area contributed by atoms with E-state index in [1.165, 1.54) is 0 Å². The van der Waals surface area contributed by atoms with Gasteiger partial charge in [-0.25, -0.2) is 4.98 Å². The average molecular weight is 289 g/mol. The number of ether oxygens (including phenoxy) is 2. The number of hydrogen-bond acceptors (Lipinski definition) is 4. The lowest BCUT2D eigenvalue weighted by atomic mass is 10.3. The van der Waals surface area contributed by atoms with Gasteiger partial charge in [-0.1, -0.05) is 0 Å². The van der Waals surface area contributed by atoms with Crippen LogP contribution >= 0.6 is 0 Å². The molecule has 0 spiro atoms. The van der Waals surface area contributed by atoms with Gasteiger partial charge in [0.25, 0.3) is 5.91 Å². The lowest BCUT2D eigenvalue weighted by Gasteiger charge is -2.12. The second-order valence-corrected chi connectivity index (χ2v) is 4.46. The Morgan fingerprint density at radius 2 is 1.95 bits per heavy atom. The van der Waals surface area contributed by atoms with Crippen molar-refractivity contribution in [1.29, 1.82) is 0 Å². The zero-order chi connectivity index (χ0) is 15.1. The van der Waals surface area contributed by atoms with Crippen molar-refractivity contribution in [3.63, 3.8) is 0 Å². The fourth-order valence-electron chi connectivity index (χ4n) is 1.81. The van der Waals surface area contributed by atoms with Crippen molar-refractivity contribution in [2.75, 3.05) is 13.2 Å². The Labute approximate surface area is 123 Å². The van der Waals surface area contributed by atoms with Crippen molar-refractivity contribution in [1.82, 2.24) is 15.3 Å². The second-order valence-electron chi connectivity index (χ2n) is 4.46. The van der Waals surface area contributed by atoms with Gasteiger partial charge in [-0.15, -0.1) is 0 Å². The van der Waals surface area contributed by atoms with E-state index in [9.17, 15) is 4.79 Å². The molecule has 1 aromatic carbocycles. The highest BCUT2D eigenvalue weighted by Crippen LogP contribution is 2.17. The van der Waals surface area contributed by atoms with Crippen LogP contribution in [0.1, 0.15) is 25.7 Å². The smallest absolute Gasteiger partial charge is 0.258 e. The molecule has 6 heteroatoms. The van der Waals surface area contributed by atoms with Gasteiger partial charge < -0.3 is 19.8 Å². The first-order valence-corrected chi connectivity index (χ1v) is 6.83. The van der Waals surface area contributed by atoms with E-state index < -0.39 is 0 Å². The molecule has 1 atom stereocenters. The first-order chi connectivity index (χ1) is 10.2. The fourth-order valence-corrected chi connectivity index (χ4v) is 1.81. The molecule has 0 aliphatic heterocycles. The van der Waals surface area contributed by atoms with Crippen molar-refractivity contribution in [2.24, 2.45) is 0 Å². The van der Waals surface area contributed by atoms with Gasteiger partial charge in [-0.05, 0) is 38.1 Å². The van der Waals surface area contributed by atoms with E-state index >= 15 is 0 Å². The van der Waals surface area contributed by atoms with Crippen LogP contribution in [0.4, 0.5) is 0 Å². The number of benzene rings is 1. The lowest BCUT2D eigenvalue weighted by molar-refractivity contribution is -0.123. The molecule has 0 saturated carbocycles. The van der Waals surface area contributed by atoms with Crippen molar-refractivity contribution in [3.8, 4) is 11.5 Å². The Bertz CT molecular complexity index is 552. The number of aromatic amines is 1. The summed E-state index contributed by atoms with van der Waals surface area (Å²) in [4.78, 5) is 18.8. The summed E-state index contributed by atoms with van der Waals surface area (Å²) in [6.07, 6.45) is 3.36. The molecule has 0 aliphatic rings. The first kappa shape index (κ1) is 14.9. The summed E-state index contributed by atoms with van der Waals surface area (Å²) in [7, 11) is 0. The first-order valence-electron chi connectivity index (χ1n) is 6.83. The number of hydrogen-bond donors (Lipinski definition) is 2. The van der Waals surface area contributed by atoms with Gasteiger partial charge in [0.15, 0.2) is 6.61 Å². The molecule has 1 heterocycles. The van der Waals surface area contributed by atoms with Gasteiger partial charge in [0, 0.05) is 12.4 Å². The molecule has 0 fully saturated rings. The minimum atomic E-state index is -0.201. The molecule has 1 amide bonds. The molecule has 0 saturated heterocycles. The molecule has 1 aromatic heterocycles. The second kappa shape index (κ2) is 7.33. The third-order valence-corrected chi connectivity index (χ3v) is 2.81. The van der Waals surface area contributed by atoms with E-state index in [1.807, 2.05) is 26.0 Å². The minimum absolute atomic E-state index is 0.0426. The molecule has 2 aromatic rings. The highest BCUT2D eigenvalue weighted by Gasteiger charge is 2.11. The molecule has 2 N–H and O–H groups in total.